The van der Waals surface area contributed by atoms with Crippen LogP contribution in [0.3, 0.4) is 0 Å². The number of methoxy groups -OCH3 is 1. The molecule has 130 valence electrons. The van der Waals surface area contributed by atoms with E-state index in [4.69, 9.17) is 9.47 Å². The molecule has 1 N–H and O–H groups in total. The van der Waals surface area contributed by atoms with Gasteiger partial charge in [0.25, 0.3) is 5.92 Å². The highest BCUT2D eigenvalue weighted by molar-refractivity contribution is 5.76. The minimum atomic E-state index is -3.31. The van der Waals surface area contributed by atoms with Crippen LogP contribution in [-0.2, 0) is 10.7 Å². The first-order valence-electron chi connectivity index (χ1n) is 7.91. The molecule has 2 aromatic rings. The summed E-state index contributed by atoms with van der Waals surface area (Å²) in [6.45, 7) is 2.53. The Balaban J connectivity index is 1.72. The van der Waals surface area contributed by atoms with Crippen molar-refractivity contribution in [2.24, 2.45) is 11.8 Å². The minimum Gasteiger partial charge on any atom is -0.497 e. The first-order valence-corrected chi connectivity index (χ1v) is 7.91. The zero-order chi connectivity index (χ0) is 17.3. The zero-order valence-electron chi connectivity index (χ0n) is 13.6. The van der Waals surface area contributed by atoms with E-state index in [0.29, 0.717) is 29.7 Å². The Bertz CT molecular complexity index is 739. The quantitative estimate of drug-likeness (QED) is 0.783. The van der Waals surface area contributed by atoms with Gasteiger partial charge < -0.3 is 14.6 Å². The third-order valence-electron chi connectivity index (χ3n) is 4.37. The summed E-state index contributed by atoms with van der Waals surface area (Å²) in [5.41, 5.74) is -0.148. The number of benzene rings is 1. The Morgan fingerprint density at radius 2 is 2.04 bits per heavy atom. The second kappa shape index (κ2) is 6.47. The van der Waals surface area contributed by atoms with Crippen LogP contribution in [0.5, 0.6) is 11.6 Å². The molecule has 24 heavy (non-hydrogen) atoms. The number of rotatable bonds is 7. The molecule has 1 heterocycles. The van der Waals surface area contributed by atoms with Crippen LogP contribution in [0.15, 0.2) is 18.2 Å². The number of aromatic nitrogens is 2. The standard InChI is InChI=1S/C17H20F2N2O3/c1-10-7-11(10)9-24-6-5-17(18,19)15-16(22)21-14-8-12(23-2)3-4-13(14)20-15/h3-4,8,10-11H,5-7,9H2,1-2H3,(H,21,22)/t10?,11-/m0/s1. The number of hydrogen-bond acceptors (Lipinski definition) is 5. The first kappa shape index (κ1) is 16.8. The number of nitrogens with zero attached hydrogens (tertiary/aromatic N) is 2. The van der Waals surface area contributed by atoms with Gasteiger partial charge in [0.1, 0.15) is 5.75 Å². The van der Waals surface area contributed by atoms with Crippen LogP contribution < -0.4 is 4.74 Å². The maximum atomic E-state index is 14.3. The second-order valence-electron chi connectivity index (χ2n) is 6.25. The van der Waals surface area contributed by atoms with E-state index in [9.17, 15) is 13.9 Å². The maximum Gasteiger partial charge on any atom is 0.297 e. The number of hydrogen-bond donors (Lipinski definition) is 1. The van der Waals surface area contributed by atoms with Crippen molar-refractivity contribution < 1.29 is 23.4 Å². The fourth-order valence-corrected chi connectivity index (χ4v) is 2.58. The normalized spacial score (nSPS) is 20.3. The highest BCUT2D eigenvalue weighted by Crippen LogP contribution is 2.39. The summed E-state index contributed by atoms with van der Waals surface area (Å²) in [7, 11) is 1.49. The molecular weight excluding hydrogens is 318 g/mol. The first-order chi connectivity index (χ1) is 11.4. The van der Waals surface area contributed by atoms with Gasteiger partial charge in [0.15, 0.2) is 5.69 Å². The zero-order valence-corrected chi connectivity index (χ0v) is 13.6. The summed E-state index contributed by atoms with van der Waals surface area (Å²) < 4.78 is 39.0. The van der Waals surface area contributed by atoms with E-state index >= 15 is 0 Å². The van der Waals surface area contributed by atoms with E-state index in [-0.39, 0.29) is 12.1 Å². The largest absolute Gasteiger partial charge is 0.497 e. The van der Waals surface area contributed by atoms with Crippen molar-refractivity contribution in [1.29, 1.82) is 0 Å². The second-order valence-corrected chi connectivity index (χ2v) is 6.25. The number of ether oxygens (including phenoxy) is 2. The van der Waals surface area contributed by atoms with E-state index in [0.717, 1.165) is 6.42 Å². The maximum absolute atomic E-state index is 14.3. The van der Waals surface area contributed by atoms with E-state index in [1.807, 2.05) is 0 Å². The summed E-state index contributed by atoms with van der Waals surface area (Å²) in [5, 5.41) is 9.86. The molecule has 1 aromatic carbocycles. The third-order valence-corrected chi connectivity index (χ3v) is 4.37. The molecule has 0 aliphatic heterocycles. The van der Waals surface area contributed by atoms with Crippen molar-refractivity contribution >= 4 is 11.0 Å². The van der Waals surface area contributed by atoms with Crippen molar-refractivity contribution in [3.8, 4) is 11.6 Å². The fourth-order valence-electron chi connectivity index (χ4n) is 2.58. The van der Waals surface area contributed by atoms with Crippen LogP contribution in [0.4, 0.5) is 8.78 Å². The van der Waals surface area contributed by atoms with Gasteiger partial charge in [-0.2, -0.15) is 8.78 Å². The molecule has 1 aliphatic carbocycles. The van der Waals surface area contributed by atoms with Crippen LogP contribution in [0.25, 0.3) is 11.0 Å². The molecule has 0 saturated heterocycles. The fraction of sp³-hybridized carbons (Fsp3) is 0.529. The molecule has 7 heteroatoms. The third kappa shape index (κ3) is 3.56. The highest BCUT2D eigenvalue weighted by atomic mass is 19.3. The van der Waals surface area contributed by atoms with Crippen LogP contribution in [0.1, 0.15) is 25.5 Å². The van der Waals surface area contributed by atoms with Gasteiger partial charge in [0.2, 0.25) is 5.88 Å². The van der Waals surface area contributed by atoms with Gasteiger partial charge in [-0.05, 0) is 30.4 Å². The van der Waals surface area contributed by atoms with Gasteiger partial charge >= 0.3 is 0 Å². The van der Waals surface area contributed by atoms with E-state index in [1.165, 1.54) is 19.2 Å². The molecule has 0 bridgehead atoms. The molecule has 0 amide bonds. The van der Waals surface area contributed by atoms with E-state index < -0.39 is 23.9 Å². The van der Waals surface area contributed by atoms with Gasteiger partial charge in [0, 0.05) is 19.1 Å². The summed E-state index contributed by atoms with van der Waals surface area (Å²) in [6, 6.07) is 4.67. The summed E-state index contributed by atoms with van der Waals surface area (Å²) in [4.78, 5) is 7.71. The van der Waals surface area contributed by atoms with Crippen LogP contribution in [0.2, 0.25) is 0 Å². The van der Waals surface area contributed by atoms with Crippen molar-refractivity contribution in [2.45, 2.75) is 25.7 Å². The molecule has 1 aliphatic rings. The summed E-state index contributed by atoms with van der Waals surface area (Å²) in [6.07, 6.45) is 0.550. The lowest BCUT2D eigenvalue weighted by Crippen LogP contribution is -2.19. The van der Waals surface area contributed by atoms with Crippen molar-refractivity contribution in [3.63, 3.8) is 0 Å². The molecule has 1 fully saturated rings. The molecule has 1 aromatic heterocycles. The Hall–Kier alpha value is -2.02. The lowest BCUT2D eigenvalue weighted by Gasteiger charge is -2.17. The van der Waals surface area contributed by atoms with Crippen molar-refractivity contribution in [3.05, 3.63) is 23.9 Å². The van der Waals surface area contributed by atoms with E-state index in [1.54, 1.807) is 6.07 Å². The molecule has 5 nitrogen and oxygen atoms in total. The predicted molar refractivity (Wildman–Crippen MR) is 84.4 cm³/mol. The Morgan fingerprint density at radius 3 is 2.71 bits per heavy atom. The average molecular weight is 338 g/mol. The Kier molecular flexibility index (Phi) is 4.54. The minimum absolute atomic E-state index is 0.0853. The number of halogens is 2. The lowest BCUT2D eigenvalue weighted by molar-refractivity contribution is -0.0452. The Morgan fingerprint density at radius 1 is 1.29 bits per heavy atom. The molecular formula is C17H20F2N2O3. The Labute approximate surface area is 138 Å². The molecule has 0 radical (unpaired) electrons. The van der Waals surface area contributed by atoms with Gasteiger partial charge in [-0.25, -0.2) is 9.97 Å². The number of fused-ring (bicyclic) bond motifs is 1. The van der Waals surface area contributed by atoms with Crippen LogP contribution in [-0.4, -0.2) is 35.4 Å². The molecule has 2 atom stereocenters. The molecule has 1 unspecified atom stereocenters. The topological polar surface area (TPSA) is 64.5 Å². The SMILES string of the molecule is COc1ccc2nc(C(F)(F)CCOC[C@@H]3CC3C)c(O)nc2c1. The van der Waals surface area contributed by atoms with Crippen molar-refractivity contribution in [2.75, 3.05) is 20.3 Å². The average Bonchev–Trinajstić information content (AvgIpc) is 3.25. The van der Waals surface area contributed by atoms with Crippen molar-refractivity contribution in [1.82, 2.24) is 9.97 Å². The van der Waals surface area contributed by atoms with E-state index in [2.05, 4.69) is 16.9 Å². The van der Waals surface area contributed by atoms with Crippen LogP contribution >= 0.6 is 0 Å². The molecule has 0 spiro atoms. The summed E-state index contributed by atoms with van der Waals surface area (Å²) >= 11 is 0. The monoisotopic (exact) mass is 338 g/mol. The summed E-state index contributed by atoms with van der Waals surface area (Å²) in [5.74, 6) is -2.45. The van der Waals surface area contributed by atoms with Gasteiger partial charge in [-0.15, -0.1) is 0 Å². The van der Waals surface area contributed by atoms with Gasteiger partial charge in [-0.1, -0.05) is 6.92 Å². The smallest absolute Gasteiger partial charge is 0.297 e. The van der Waals surface area contributed by atoms with Gasteiger partial charge in [-0.3, -0.25) is 0 Å². The lowest BCUT2D eigenvalue weighted by atomic mass is 10.1. The molecule has 1 saturated carbocycles. The van der Waals surface area contributed by atoms with Crippen LogP contribution in [0, 0.1) is 11.8 Å². The number of aromatic hydroxyl groups is 1. The molecule has 3 rings (SSSR count). The number of alkyl halides is 2. The predicted octanol–water partition coefficient (Wildman–Crippen LogP) is 3.50. The highest BCUT2D eigenvalue weighted by Gasteiger charge is 2.38. The van der Waals surface area contributed by atoms with Gasteiger partial charge in [0.05, 0.1) is 24.8 Å².